The minimum Gasteiger partial charge on any atom is -0.481 e. The van der Waals surface area contributed by atoms with Crippen molar-refractivity contribution in [1.82, 2.24) is 4.90 Å². The molecule has 3 rings (SSSR count). The van der Waals surface area contributed by atoms with Crippen LogP contribution >= 0.6 is 11.3 Å². The second-order valence-corrected chi connectivity index (χ2v) is 7.14. The first-order valence-corrected chi connectivity index (χ1v) is 7.94. The molecule has 1 saturated carbocycles. The van der Waals surface area contributed by atoms with E-state index in [1.54, 1.807) is 11.3 Å². The zero-order valence-corrected chi connectivity index (χ0v) is 12.5. The van der Waals surface area contributed by atoms with Crippen LogP contribution in [0.25, 0.3) is 0 Å². The molecule has 2 fully saturated rings. The number of nitrogens with zero attached hydrogens (tertiary/aromatic N) is 1. The van der Waals surface area contributed by atoms with Gasteiger partial charge in [-0.15, -0.1) is 0 Å². The van der Waals surface area contributed by atoms with Crippen LogP contribution in [-0.4, -0.2) is 28.4 Å². The van der Waals surface area contributed by atoms with Crippen LogP contribution in [0.2, 0.25) is 0 Å². The maximum Gasteiger partial charge on any atom is 0.307 e. The third-order valence-electron chi connectivity index (χ3n) is 4.82. The Morgan fingerprint density at radius 1 is 1.40 bits per heavy atom. The average Bonchev–Trinajstić information content (AvgIpc) is 2.87. The molecule has 2 aliphatic rings. The molecular formula is C15H19NO3S. The summed E-state index contributed by atoms with van der Waals surface area (Å²) in [7, 11) is 0. The van der Waals surface area contributed by atoms with Crippen molar-refractivity contribution >= 4 is 23.2 Å². The van der Waals surface area contributed by atoms with Crippen molar-refractivity contribution in [2.45, 2.75) is 32.7 Å². The number of carboxylic acids is 1. The maximum absolute atomic E-state index is 12.7. The highest BCUT2D eigenvalue weighted by Gasteiger charge is 2.67. The lowest BCUT2D eigenvalue weighted by molar-refractivity contribution is -0.142. The van der Waals surface area contributed by atoms with Crippen molar-refractivity contribution < 1.29 is 14.7 Å². The first kappa shape index (κ1) is 13.6. The van der Waals surface area contributed by atoms with E-state index in [9.17, 15) is 14.7 Å². The van der Waals surface area contributed by atoms with E-state index < -0.39 is 17.3 Å². The van der Waals surface area contributed by atoms with Crippen molar-refractivity contribution in [1.29, 1.82) is 0 Å². The molecule has 0 bridgehead atoms. The fraction of sp³-hybridized carbons (Fsp3) is 0.600. The second kappa shape index (κ2) is 4.58. The van der Waals surface area contributed by atoms with Crippen molar-refractivity contribution in [3.05, 3.63) is 22.4 Å². The molecule has 20 heavy (non-hydrogen) atoms. The van der Waals surface area contributed by atoms with Crippen LogP contribution in [0.15, 0.2) is 16.8 Å². The van der Waals surface area contributed by atoms with Gasteiger partial charge in [-0.2, -0.15) is 11.3 Å². The van der Waals surface area contributed by atoms with Crippen LogP contribution < -0.4 is 0 Å². The van der Waals surface area contributed by atoms with E-state index >= 15 is 0 Å². The first-order valence-electron chi connectivity index (χ1n) is 7.00. The minimum atomic E-state index is -0.848. The van der Waals surface area contributed by atoms with Crippen molar-refractivity contribution in [3.63, 3.8) is 0 Å². The van der Waals surface area contributed by atoms with Crippen LogP contribution in [0.1, 0.15) is 38.3 Å². The number of carboxylic acid groups (broad SMARTS) is 1. The molecule has 1 amide bonds. The summed E-state index contributed by atoms with van der Waals surface area (Å²) in [5, 5.41) is 13.3. The number of amides is 1. The molecule has 1 saturated heterocycles. The summed E-state index contributed by atoms with van der Waals surface area (Å²) in [6.07, 6.45) is 1.98. The molecule has 0 radical (unpaired) electrons. The highest BCUT2D eigenvalue weighted by atomic mass is 32.1. The zero-order chi connectivity index (χ0) is 14.5. The Morgan fingerprint density at radius 2 is 2.15 bits per heavy atom. The lowest BCUT2D eigenvalue weighted by Gasteiger charge is -2.25. The zero-order valence-electron chi connectivity index (χ0n) is 11.7. The molecule has 0 aromatic carbocycles. The largest absolute Gasteiger partial charge is 0.481 e. The van der Waals surface area contributed by atoms with Gasteiger partial charge in [0.25, 0.3) is 0 Å². The van der Waals surface area contributed by atoms with Gasteiger partial charge in [-0.25, -0.2) is 0 Å². The van der Waals surface area contributed by atoms with E-state index in [1.807, 2.05) is 24.1 Å². The number of rotatable bonds is 3. The minimum absolute atomic E-state index is 0.0242. The Labute approximate surface area is 122 Å². The number of hydrogen-bond donors (Lipinski definition) is 1. The molecule has 5 heteroatoms. The summed E-state index contributed by atoms with van der Waals surface area (Å²) in [4.78, 5) is 25.9. The summed E-state index contributed by atoms with van der Waals surface area (Å²) in [6.45, 7) is 4.51. The second-order valence-electron chi connectivity index (χ2n) is 6.36. The molecule has 4 nitrogen and oxygen atoms in total. The Bertz CT molecular complexity index is 537. The van der Waals surface area contributed by atoms with E-state index in [2.05, 4.69) is 11.4 Å². The third-order valence-corrected chi connectivity index (χ3v) is 5.52. The van der Waals surface area contributed by atoms with E-state index in [0.717, 1.165) is 19.4 Å². The topological polar surface area (TPSA) is 57.6 Å². The van der Waals surface area contributed by atoms with Gasteiger partial charge in [-0.05, 0) is 40.6 Å². The number of aliphatic carboxylic acids is 1. The molecule has 1 N–H and O–H groups in total. The molecule has 1 aromatic heterocycles. The number of hydrogen-bond acceptors (Lipinski definition) is 3. The van der Waals surface area contributed by atoms with E-state index in [-0.39, 0.29) is 17.9 Å². The monoisotopic (exact) mass is 293 g/mol. The standard InChI is InChI=1S/C15H19NO3S/c1-15(2)11(12(15)14(18)19)13(17)16-6-3-4-10(16)9-5-7-20-8-9/h5,7-8,10-12H,3-4,6H2,1-2H3,(H,18,19)/t10?,11-,12+/m1/s1. The molecule has 3 atom stereocenters. The third kappa shape index (κ3) is 1.95. The van der Waals surface area contributed by atoms with Gasteiger partial charge in [-0.1, -0.05) is 13.8 Å². The Morgan fingerprint density at radius 3 is 2.70 bits per heavy atom. The van der Waals surface area contributed by atoms with Crippen LogP contribution in [-0.2, 0) is 9.59 Å². The maximum atomic E-state index is 12.7. The lowest BCUT2D eigenvalue weighted by Crippen LogP contribution is -2.33. The van der Waals surface area contributed by atoms with Gasteiger partial charge in [-0.3, -0.25) is 9.59 Å². The van der Waals surface area contributed by atoms with Gasteiger partial charge in [0.05, 0.1) is 17.9 Å². The SMILES string of the molecule is CC1(C)[C@H](C(=O)O)[C@@H]1C(=O)N1CCCC1c1ccsc1. The lowest BCUT2D eigenvalue weighted by atomic mass is 10.1. The number of likely N-dealkylation sites (tertiary alicyclic amines) is 1. The number of thiophene rings is 1. The molecule has 1 unspecified atom stereocenters. The molecule has 108 valence electrons. The summed E-state index contributed by atoms with van der Waals surface area (Å²) >= 11 is 1.64. The highest BCUT2D eigenvalue weighted by Crippen LogP contribution is 2.59. The fourth-order valence-electron chi connectivity index (χ4n) is 3.58. The summed E-state index contributed by atoms with van der Waals surface area (Å²) in [6, 6.07) is 2.20. The predicted octanol–water partition coefficient (Wildman–Crippen LogP) is 2.77. The van der Waals surface area contributed by atoms with Crippen LogP contribution in [0.4, 0.5) is 0 Å². The van der Waals surface area contributed by atoms with E-state index in [0.29, 0.717) is 0 Å². The van der Waals surface area contributed by atoms with Gasteiger partial charge in [0.1, 0.15) is 0 Å². The van der Waals surface area contributed by atoms with Gasteiger partial charge < -0.3 is 10.0 Å². The van der Waals surface area contributed by atoms with Gasteiger partial charge >= 0.3 is 5.97 Å². The quantitative estimate of drug-likeness (QED) is 0.932. The Balaban J connectivity index is 1.79. The predicted molar refractivity (Wildman–Crippen MR) is 76.4 cm³/mol. The summed E-state index contributed by atoms with van der Waals surface area (Å²) in [5.74, 6) is -1.71. The van der Waals surface area contributed by atoms with Crippen molar-refractivity contribution in [3.8, 4) is 0 Å². The van der Waals surface area contributed by atoms with Gasteiger partial charge in [0.2, 0.25) is 5.91 Å². The van der Waals surface area contributed by atoms with Crippen molar-refractivity contribution in [2.24, 2.45) is 17.3 Å². The molecule has 1 aromatic rings. The Hall–Kier alpha value is -1.36. The van der Waals surface area contributed by atoms with Gasteiger partial charge in [0.15, 0.2) is 0 Å². The summed E-state index contributed by atoms with van der Waals surface area (Å²) in [5.41, 5.74) is 0.774. The number of carbonyl (C=O) groups excluding carboxylic acids is 1. The molecule has 1 aliphatic heterocycles. The molecular weight excluding hydrogens is 274 g/mol. The summed E-state index contributed by atoms with van der Waals surface area (Å²) < 4.78 is 0. The highest BCUT2D eigenvalue weighted by molar-refractivity contribution is 7.07. The number of carbonyl (C=O) groups is 2. The van der Waals surface area contributed by atoms with Crippen molar-refractivity contribution in [2.75, 3.05) is 6.54 Å². The first-order chi connectivity index (χ1) is 9.44. The van der Waals surface area contributed by atoms with Crippen LogP contribution in [0.3, 0.4) is 0 Å². The molecule has 2 heterocycles. The van der Waals surface area contributed by atoms with Gasteiger partial charge in [0, 0.05) is 6.54 Å². The Kier molecular flexibility index (Phi) is 3.12. The van der Waals surface area contributed by atoms with Crippen LogP contribution in [0.5, 0.6) is 0 Å². The van der Waals surface area contributed by atoms with Crippen LogP contribution in [0, 0.1) is 17.3 Å². The average molecular weight is 293 g/mol. The smallest absolute Gasteiger partial charge is 0.307 e. The molecule has 0 spiro atoms. The van der Waals surface area contributed by atoms with E-state index in [1.165, 1.54) is 5.56 Å². The normalized spacial score (nSPS) is 31.3. The fourth-order valence-corrected chi connectivity index (χ4v) is 4.29. The van der Waals surface area contributed by atoms with E-state index in [4.69, 9.17) is 0 Å². The molecule has 1 aliphatic carbocycles.